The molecule has 82 valence electrons. The Labute approximate surface area is 89.6 Å². The first kappa shape index (κ1) is 10.4. The van der Waals surface area contributed by atoms with E-state index in [-0.39, 0.29) is 11.3 Å². The van der Waals surface area contributed by atoms with E-state index in [2.05, 4.69) is 0 Å². The normalized spacial score (nSPS) is 10.4. The van der Waals surface area contributed by atoms with Crippen LogP contribution in [0.15, 0.2) is 36.7 Å². The fraction of sp³-hybridized carbons (Fsp3) is 0. The Balaban J connectivity index is 2.46. The summed E-state index contributed by atoms with van der Waals surface area (Å²) in [7, 11) is 0. The van der Waals surface area contributed by atoms with Crippen LogP contribution < -0.4 is 0 Å². The second-order valence-electron chi connectivity index (χ2n) is 3.21. The van der Waals surface area contributed by atoms with Gasteiger partial charge in [-0.3, -0.25) is 0 Å². The zero-order valence-corrected chi connectivity index (χ0v) is 8.02. The fourth-order valence-corrected chi connectivity index (χ4v) is 1.36. The van der Waals surface area contributed by atoms with Gasteiger partial charge in [-0.05, 0) is 18.2 Å². The van der Waals surface area contributed by atoms with Crippen molar-refractivity contribution in [3.05, 3.63) is 53.9 Å². The molecule has 3 nitrogen and oxygen atoms in total. The van der Waals surface area contributed by atoms with Crippen LogP contribution in [-0.2, 0) is 0 Å². The molecule has 1 aromatic carbocycles. The van der Waals surface area contributed by atoms with Gasteiger partial charge in [0.2, 0.25) is 0 Å². The maximum absolute atomic E-state index is 13.3. The maximum atomic E-state index is 13.3. The predicted octanol–water partition coefficient (Wildman–Crippen LogP) is 2.45. The van der Waals surface area contributed by atoms with Gasteiger partial charge < -0.3 is 9.67 Å². The SMILES string of the molecule is O=C(O)c1ccn(-c2ccc(F)cc2F)c1. The highest BCUT2D eigenvalue weighted by molar-refractivity contribution is 5.87. The Morgan fingerprint density at radius 3 is 2.56 bits per heavy atom. The Morgan fingerprint density at radius 2 is 2.00 bits per heavy atom. The molecule has 0 aliphatic rings. The average Bonchev–Trinajstić information content (AvgIpc) is 2.66. The smallest absolute Gasteiger partial charge is 0.337 e. The summed E-state index contributed by atoms with van der Waals surface area (Å²) in [5.41, 5.74) is 0.151. The van der Waals surface area contributed by atoms with Crippen LogP contribution in [0.25, 0.3) is 5.69 Å². The van der Waals surface area contributed by atoms with Crippen molar-refractivity contribution in [3.63, 3.8) is 0 Å². The molecule has 16 heavy (non-hydrogen) atoms. The summed E-state index contributed by atoms with van der Waals surface area (Å²) in [6, 6.07) is 4.44. The van der Waals surface area contributed by atoms with Crippen LogP contribution in [-0.4, -0.2) is 15.6 Å². The number of nitrogens with zero attached hydrogens (tertiary/aromatic N) is 1. The number of aromatic nitrogens is 1. The van der Waals surface area contributed by atoms with Crippen LogP contribution in [0, 0.1) is 11.6 Å². The average molecular weight is 223 g/mol. The molecule has 0 atom stereocenters. The Morgan fingerprint density at radius 1 is 1.25 bits per heavy atom. The molecule has 0 bridgehead atoms. The minimum atomic E-state index is -1.10. The third-order valence-corrected chi connectivity index (χ3v) is 2.13. The van der Waals surface area contributed by atoms with Crippen LogP contribution >= 0.6 is 0 Å². The molecule has 1 N–H and O–H groups in total. The van der Waals surface area contributed by atoms with Crippen molar-refractivity contribution >= 4 is 5.97 Å². The number of carboxylic acids is 1. The molecule has 1 heterocycles. The summed E-state index contributed by atoms with van der Waals surface area (Å²) >= 11 is 0. The minimum absolute atomic E-state index is 0.0451. The number of halogens is 2. The van der Waals surface area contributed by atoms with E-state index >= 15 is 0 Å². The van der Waals surface area contributed by atoms with E-state index in [0.717, 1.165) is 12.1 Å². The van der Waals surface area contributed by atoms with Gasteiger partial charge in [-0.1, -0.05) is 0 Å². The molecular weight excluding hydrogens is 216 g/mol. The summed E-state index contributed by atoms with van der Waals surface area (Å²) in [4.78, 5) is 10.6. The third-order valence-electron chi connectivity index (χ3n) is 2.13. The lowest BCUT2D eigenvalue weighted by Crippen LogP contribution is -1.97. The van der Waals surface area contributed by atoms with E-state index in [1.165, 1.54) is 29.1 Å². The molecule has 2 rings (SSSR count). The van der Waals surface area contributed by atoms with Crippen LogP contribution in [0.4, 0.5) is 8.78 Å². The number of hydrogen-bond acceptors (Lipinski definition) is 1. The van der Waals surface area contributed by atoms with E-state index in [9.17, 15) is 13.6 Å². The standard InChI is InChI=1S/C11H7F2NO2/c12-8-1-2-10(9(13)5-8)14-4-3-7(6-14)11(15)16/h1-6H,(H,15,16). The second kappa shape index (κ2) is 3.77. The number of carbonyl (C=O) groups is 1. The molecule has 0 saturated carbocycles. The molecule has 2 aromatic rings. The van der Waals surface area contributed by atoms with Crippen LogP contribution in [0.5, 0.6) is 0 Å². The predicted molar refractivity (Wildman–Crippen MR) is 52.6 cm³/mol. The van der Waals surface area contributed by atoms with Gasteiger partial charge in [-0.2, -0.15) is 0 Å². The van der Waals surface area contributed by atoms with Gasteiger partial charge in [0.25, 0.3) is 0 Å². The summed E-state index contributed by atoms with van der Waals surface area (Å²) in [5.74, 6) is -2.51. The van der Waals surface area contributed by atoms with Gasteiger partial charge in [-0.25, -0.2) is 13.6 Å². The van der Waals surface area contributed by atoms with Crippen LogP contribution in [0.2, 0.25) is 0 Å². The first-order chi connectivity index (χ1) is 7.58. The lowest BCUT2D eigenvalue weighted by molar-refractivity contribution is 0.0697. The van der Waals surface area contributed by atoms with Crippen molar-refractivity contribution < 1.29 is 18.7 Å². The van der Waals surface area contributed by atoms with Gasteiger partial charge in [0.1, 0.15) is 11.6 Å². The van der Waals surface area contributed by atoms with E-state index in [1.807, 2.05) is 0 Å². The molecule has 0 unspecified atom stereocenters. The van der Waals surface area contributed by atoms with Gasteiger partial charge in [-0.15, -0.1) is 0 Å². The number of rotatable bonds is 2. The van der Waals surface area contributed by atoms with Crippen molar-refractivity contribution in [1.29, 1.82) is 0 Å². The van der Waals surface area contributed by atoms with Crippen molar-refractivity contribution in [2.45, 2.75) is 0 Å². The minimum Gasteiger partial charge on any atom is -0.478 e. The lowest BCUT2D eigenvalue weighted by atomic mass is 10.3. The highest BCUT2D eigenvalue weighted by Gasteiger charge is 2.09. The van der Waals surface area contributed by atoms with Crippen LogP contribution in [0.3, 0.4) is 0 Å². The van der Waals surface area contributed by atoms with E-state index in [1.54, 1.807) is 0 Å². The zero-order valence-electron chi connectivity index (χ0n) is 8.02. The first-order valence-corrected chi connectivity index (χ1v) is 4.44. The number of benzene rings is 1. The molecule has 0 amide bonds. The monoisotopic (exact) mass is 223 g/mol. The van der Waals surface area contributed by atoms with E-state index in [0.29, 0.717) is 0 Å². The summed E-state index contributed by atoms with van der Waals surface area (Å²) in [5, 5.41) is 8.69. The number of aromatic carboxylic acids is 1. The lowest BCUT2D eigenvalue weighted by Gasteiger charge is -2.03. The van der Waals surface area contributed by atoms with Crippen molar-refractivity contribution in [2.24, 2.45) is 0 Å². The molecule has 5 heteroatoms. The van der Waals surface area contributed by atoms with Gasteiger partial charge in [0, 0.05) is 18.5 Å². The van der Waals surface area contributed by atoms with Gasteiger partial charge >= 0.3 is 5.97 Å². The Kier molecular flexibility index (Phi) is 2.44. The molecule has 0 aliphatic heterocycles. The molecule has 0 fully saturated rings. The van der Waals surface area contributed by atoms with Crippen molar-refractivity contribution in [2.75, 3.05) is 0 Å². The largest absolute Gasteiger partial charge is 0.478 e. The Bertz CT molecular complexity index is 549. The molecule has 1 aromatic heterocycles. The highest BCUT2D eigenvalue weighted by atomic mass is 19.1. The van der Waals surface area contributed by atoms with E-state index in [4.69, 9.17) is 5.11 Å². The molecule has 0 spiro atoms. The first-order valence-electron chi connectivity index (χ1n) is 4.44. The molecule has 0 saturated heterocycles. The Hall–Kier alpha value is -2.17. The van der Waals surface area contributed by atoms with E-state index < -0.39 is 17.6 Å². The highest BCUT2D eigenvalue weighted by Crippen LogP contribution is 2.16. The molecule has 0 radical (unpaired) electrons. The zero-order chi connectivity index (χ0) is 11.7. The van der Waals surface area contributed by atoms with Crippen LogP contribution in [0.1, 0.15) is 10.4 Å². The summed E-state index contributed by atoms with van der Waals surface area (Å²) < 4.78 is 27.3. The summed E-state index contributed by atoms with van der Waals surface area (Å²) in [6.45, 7) is 0. The second-order valence-corrected chi connectivity index (χ2v) is 3.21. The quantitative estimate of drug-likeness (QED) is 0.849. The third kappa shape index (κ3) is 1.79. The topological polar surface area (TPSA) is 42.2 Å². The van der Waals surface area contributed by atoms with Crippen molar-refractivity contribution in [3.8, 4) is 5.69 Å². The number of carboxylic acid groups (broad SMARTS) is 1. The van der Waals surface area contributed by atoms with Crippen molar-refractivity contribution in [1.82, 2.24) is 4.57 Å². The fourth-order valence-electron chi connectivity index (χ4n) is 1.36. The number of hydrogen-bond donors (Lipinski definition) is 1. The van der Waals surface area contributed by atoms with Gasteiger partial charge in [0.15, 0.2) is 0 Å². The summed E-state index contributed by atoms with van der Waals surface area (Å²) in [6.07, 6.45) is 2.67. The maximum Gasteiger partial charge on any atom is 0.337 e. The molecular formula is C11H7F2NO2. The molecule has 0 aliphatic carbocycles. The van der Waals surface area contributed by atoms with Gasteiger partial charge in [0.05, 0.1) is 11.3 Å².